The van der Waals surface area contributed by atoms with Gasteiger partial charge in [0.05, 0.1) is 12.0 Å². The Hall–Kier alpha value is -1.14. The number of nitrogens with zero attached hydrogens (tertiary/aromatic N) is 2. The minimum absolute atomic E-state index is 0.0331. The maximum atomic E-state index is 12.3. The normalized spacial score (nSPS) is 11.2. The lowest BCUT2D eigenvalue weighted by Gasteiger charge is -2.27. The lowest BCUT2D eigenvalue weighted by Crippen LogP contribution is -2.47. The molecular weight excluding hydrogens is 310 g/mol. The molecule has 0 aliphatic carbocycles. The van der Waals surface area contributed by atoms with Gasteiger partial charge in [0, 0.05) is 31.4 Å². The largest absolute Gasteiger partial charge is 0.468 e. The van der Waals surface area contributed by atoms with Gasteiger partial charge in [-0.2, -0.15) is 11.8 Å². The van der Waals surface area contributed by atoms with E-state index in [1.54, 1.807) is 18.0 Å². The Morgan fingerprint density at radius 2 is 2.04 bits per heavy atom. The Bertz CT molecular complexity index is 419. The summed E-state index contributed by atoms with van der Waals surface area (Å²) in [5.74, 6) is 2.74. The molecular formula is C17H31N3O2S. The number of thioether (sulfide) groups is 1. The van der Waals surface area contributed by atoms with Gasteiger partial charge in [-0.1, -0.05) is 13.8 Å². The number of amides is 2. The molecule has 0 aliphatic heterocycles. The molecule has 132 valence electrons. The molecule has 0 saturated heterocycles. The maximum Gasteiger partial charge on any atom is 0.317 e. The van der Waals surface area contributed by atoms with Gasteiger partial charge in [-0.05, 0) is 39.1 Å². The van der Waals surface area contributed by atoms with Crippen LogP contribution in [0.1, 0.15) is 33.5 Å². The van der Waals surface area contributed by atoms with Gasteiger partial charge in [-0.3, -0.25) is 0 Å². The summed E-state index contributed by atoms with van der Waals surface area (Å²) in [5, 5.41) is 3.04. The molecule has 0 saturated carbocycles. The highest BCUT2D eigenvalue weighted by Crippen LogP contribution is 2.13. The Morgan fingerprint density at radius 3 is 2.61 bits per heavy atom. The predicted molar refractivity (Wildman–Crippen MR) is 97.9 cm³/mol. The van der Waals surface area contributed by atoms with Crippen LogP contribution < -0.4 is 5.32 Å². The van der Waals surface area contributed by atoms with Gasteiger partial charge in [-0.15, -0.1) is 0 Å². The van der Waals surface area contributed by atoms with Crippen LogP contribution in [0, 0.1) is 0 Å². The fourth-order valence-electron chi connectivity index (χ4n) is 2.29. The van der Waals surface area contributed by atoms with E-state index in [4.69, 9.17) is 4.42 Å². The van der Waals surface area contributed by atoms with Crippen LogP contribution in [-0.2, 0) is 5.75 Å². The summed E-state index contributed by atoms with van der Waals surface area (Å²) in [4.78, 5) is 16.5. The molecule has 1 N–H and O–H groups in total. The van der Waals surface area contributed by atoms with Crippen LogP contribution in [0.3, 0.4) is 0 Å². The average Bonchev–Trinajstić information content (AvgIpc) is 3.04. The Morgan fingerprint density at radius 1 is 1.30 bits per heavy atom. The third kappa shape index (κ3) is 7.79. The van der Waals surface area contributed by atoms with Crippen LogP contribution in [0.15, 0.2) is 22.8 Å². The van der Waals surface area contributed by atoms with Gasteiger partial charge >= 0.3 is 6.03 Å². The van der Waals surface area contributed by atoms with Crippen molar-refractivity contribution >= 4 is 17.8 Å². The molecule has 1 heterocycles. The van der Waals surface area contributed by atoms with Crippen molar-refractivity contribution < 1.29 is 9.21 Å². The number of rotatable bonds is 11. The van der Waals surface area contributed by atoms with E-state index in [1.165, 1.54) is 0 Å². The molecule has 0 atom stereocenters. The minimum Gasteiger partial charge on any atom is -0.468 e. The summed E-state index contributed by atoms with van der Waals surface area (Å²) in [7, 11) is 0. The second-order valence-corrected chi connectivity index (χ2v) is 6.78. The highest BCUT2D eigenvalue weighted by Gasteiger charge is 2.16. The second kappa shape index (κ2) is 11.4. The molecule has 0 bridgehead atoms. The van der Waals surface area contributed by atoms with Crippen molar-refractivity contribution in [2.45, 2.75) is 39.5 Å². The van der Waals surface area contributed by atoms with Crippen molar-refractivity contribution in [3.8, 4) is 0 Å². The monoisotopic (exact) mass is 341 g/mol. The van der Waals surface area contributed by atoms with Crippen LogP contribution in [-0.4, -0.2) is 60.3 Å². The number of nitrogens with one attached hydrogen (secondary N) is 1. The van der Waals surface area contributed by atoms with Crippen molar-refractivity contribution in [1.82, 2.24) is 15.1 Å². The van der Waals surface area contributed by atoms with E-state index < -0.39 is 0 Å². The predicted octanol–water partition coefficient (Wildman–Crippen LogP) is 3.27. The SMILES string of the molecule is CCN(CC)CCNC(=O)N(CCSCc1ccco1)C(C)C. The van der Waals surface area contributed by atoms with Gasteiger partial charge in [0.25, 0.3) is 0 Å². The number of furan rings is 1. The van der Waals surface area contributed by atoms with Crippen molar-refractivity contribution in [2.75, 3.05) is 38.5 Å². The fourth-order valence-corrected chi connectivity index (χ4v) is 3.12. The highest BCUT2D eigenvalue weighted by atomic mass is 32.2. The molecule has 0 fully saturated rings. The average molecular weight is 342 g/mol. The van der Waals surface area contributed by atoms with Crippen molar-refractivity contribution in [1.29, 1.82) is 0 Å². The van der Waals surface area contributed by atoms with Gasteiger partial charge in [0.15, 0.2) is 0 Å². The number of carbonyl (C=O) groups excluding carboxylic acids is 1. The Labute approximate surface area is 144 Å². The van der Waals surface area contributed by atoms with Gasteiger partial charge in [-0.25, -0.2) is 4.79 Å². The number of urea groups is 1. The smallest absolute Gasteiger partial charge is 0.317 e. The first-order valence-corrected chi connectivity index (χ1v) is 9.60. The van der Waals surface area contributed by atoms with E-state index >= 15 is 0 Å². The van der Waals surface area contributed by atoms with Crippen LogP contribution >= 0.6 is 11.8 Å². The zero-order valence-corrected chi connectivity index (χ0v) is 15.7. The number of hydrogen-bond donors (Lipinski definition) is 1. The lowest BCUT2D eigenvalue weighted by atomic mass is 10.3. The molecule has 0 unspecified atom stereocenters. The maximum absolute atomic E-state index is 12.3. The van der Waals surface area contributed by atoms with Crippen LogP contribution in [0.5, 0.6) is 0 Å². The summed E-state index contributed by atoms with van der Waals surface area (Å²) in [6.45, 7) is 12.8. The standard InChI is InChI=1S/C17H31N3O2S/c1-5-19(6-2)10-9-18-17(21)20(15(3)4)11-13-23-14-16-8-7-12-22-16/h7-8,12,15H,5-6,9-11,13-14H2,1-4H3,(H,18,21). The molecule has 6 heteroatoms. The summed E-state index contributed by atoms with van der Waals surface area (Å²) >= 11 is 1.79. The minimum atomic E-state index is 0.0331. The number of likely N-dealkylation sites (N-methyl/N-ethyl adjacent to an activating group) is 1. The molecule has 1 aromatic rings. The molecule has 1 rings (SSSR count). The topological polar surface area (TPSA) is 48.7 Å². The summed E-state index contributed by atoms with van der Waals surface area (Å²) < 4.78 is 5.31. The zero-order chi connectivity index (χ0) is 17.1. The van der Waals surface area contributed by atoms with E-state index in [0.29, 0.717) is 6.54 Å². The van der Waals surface area contributed by atoms with Crippen molar-refractivity contribution in [2.24, 2.45) is 0 Å². The van der Waals surface area contributed by atoms with Gasteiger partial charge in [0.2, 0.25) is 0 Å². The molecule has 0 aromatic carbocycles. The zero-order valence-electron chi connectivity index (χ0n) is 14.9. The molecule has 1 aromatic heterocycles. The van der Waals surface area contributed by atoms with E-state index in [2.05, 4.69) is 37.9 Å². The van der Waals surface area contributed by atoms with Crippen LogP contribution in [0.2, 0.25) is 0 Å². The van der Waals surface area contributed by atoms with Crippen molar-refractivity contribution in [3.05, 3.63) is 24.2 Å². The van der Waals surface area contributed by atoms with Crippen LogP contribution in [0.25, 0.3) is 0 Å². The molecule has 0 radical (unpaired) electrons. The van der Waals surface area contributed by atoms with E-state index in [1.807, 2.05) is 17.0 Å². The van der Waals surface area contributed by atoms with Gasteiger partial charge in [0.1, 0.15) is 5.76 Å². The first-order chi connectivity index (χ1) is 11.1. The highest BCUT2D eigenvalue weighted by molar-refractivity contribution is 7.98. The molecule has 0 spiro atoms. The van der Waals surface area contributed by atoms with Crippen LogP contribution in [0.4, 0.5) is 4.79 Å². The summed E-state index contributed by atoms with van der Waals surface area (Å²) in [5.41, 5.74) is 0. The summed E-state index contributed by atoms with van der Waals surface area (Å²) in [6.07, 6.45) is 1.69. The Kier molecular flexibility index (Phi) is 9.87. The third-order valence-corrected chi connectivity index (χ3v) is 4.74. The van der Waals surface area contributed by atoms with Crippen molar-refractivity contribution in [3.63, 3.8) is 0 Å². The molecule has 5 nitrogen and oxygen atoms in total. The lowest BCUT2D eigenvalue weighted by molar-refractivity contribution is 0.185. The molecule has 2 amide bonds. The third-order valence-electron chi connectivity index (χ3n) is 3.78. The molecule has 0 aliphatic rings. The van der Waals surface area contributed by atoms with Gasteiger partial charge < -0.3 is 19.5 Å². The van der Waals surface area contributed by atoms with E-state index in [9.17, 15) is 4.79 Å². The first kappa shape index (κ1) is 19.9. The van der Waals surface area contributed by atoms with E-state index in [-0.39, 0.29) is 12.1 Å². The quantitative estimate of drug-likeness (QED) is 0.628. The summed E-state index contributed by atoms with van der Waals surface area (Å²) in [6, 6.07) is 4.12. The molecule has 23 heavy (non-hydrogen) atoms. The first-order valence-electron chi connectivity index (χ1n) is 8.45. The number of carbonyl (C=O) groups is 1. The number of hydrogen-bond acceptors (Lipinski definition) is 4. The second-order valence-electron chi connectivity index (χ2n) is 5.68. The fraction of sp³-hybridized carbons (Fsp3) is 0.706. The van der Waals surface area contributed by atoms with E-state index in [0.717, 1.165) is 43.4 Å². The Balaban J connectivity index is 2.27.